The molecular weight excluding hydrogens is 540 g/mol. The van der Waals surface area contributed by atoms with E-state index in [1.54, 1.807) is 5.10 Å². The molecule has 0 aliphatic carbocycles. The number of H-pyrrole nitrogens is 1. The van der Waals surface area contributed by atoms with Crippen LogP contribution in [0.2, 0.25) is 0 Å². The molecule has 0 bridgehead atoms. The molecule has 0 radical (unpaired) electrons. The Hall–Kier alpha value is -4.51. The van der Waals surface area contributed by atoms with Gasteiger partial charge in [0.2, 0.25) is 17.7 Å². The van der Waals surface area contributed by atoms with Gasteiger partial charge in [-0.25, -0.2) is 25.0 Å². The number of aromatic amines is 1. The third-order valence-electron chi connectivity index (χ3n) is 5.40. The molecule has 4 rings (SSSR count). The summed E-state index contributed by atoms with van der Waals surface area (Å²) in [5.41, 5.74) is -4.35. The maximum atomic E-state index is 13.2. The molecule has 1 saturated heterocycles. The first-order valence-electron chi connectivity index (χ1n) is 11.1. The molecule has 208 valence electrons. The Balaban J connectivity index is 1.37. The van der Waals surface area contributed by atoms with Crippen LogP contribution < -0.4 is 25.4 Å². The van der Waals surface area contributed by atoms with Crippen LogP contribution >= 0.6 is 0 Å². The van der Waals surface area contributed by atoms with Crippen molar-refractivity contribution < 1.29 is 35.9 Å². The van der Waals surface area contributed by atoms with Gasteiger partial charge < -0.3 is 15.0 Å². The molecule has 1 amide bonds. The van der Waals surface area contributed by atoms with E-state index in [9.17, 15) is 35.9 Å². The largest absolute Gasteiger partial charge is 0.475 e. The molecule has 12 nitrogen and oxygen atoms in total. The standard InChI is InChI=1S/C21H19F6N9O3/c1-11(33-13-7-32-34-18(38)17(13)21(25,26)27)9-39-15-4-14(30-10-31-15)36-3-2-35(8-16(36)37)19-28-5-12(6-29-19)20(22,23)24/h4-7,10-11H,2-3,8-9H2,1H3,(H2,33,34,38)/t11-/m0/s1. The number of aromatic nitrogens is 6. The molecule has 0 unspecified atom stereocenters. The molecule has 0 aromatic carbocycles. The van der Waals surface area contributed by atoms with Gasteiger partial charge in [0.15, 0.2) is 0 Å². The number of piperazine rings is 1. The van der Waals surface area contributed by atoms with Gasteiger partial charge in [-0.05, 0) is 6.92 Å². The fourth-order valence-electron chi connectivity index (χ4n) is 3.58. The van der Waals surface area contributed by atoms with Crippen molar-refractivity contribution in [1.82, 2.24) is 30.1 Å². The van der Waals surface area contributed by atoms with E-state index >= 15 is 0 Å². The van der Waals surface area contributed by atoms with Gasteiger partial charge in [-0.3, -0.25) is 14.5 Å². The second-order valence-corrected chi connectivity index (χ2v) is 8.29. The lowest BCUT2D eigenvalue weighted by Gasteiger charge is -2.33. The van der Waals surface area contributed by atoms with Crippen LogP contribution in [-0.4, -0.2) is 68.3 Å². The van der Waals surface area contributed by atoms with Crippen LogP contribution in [-0.2, 0) is 17.1 Å². The third-order valence-corrected chi connectivity index (χ3v) is 5.40. The van der Waals surface area contributed by atoms with E-state index in [1.165, 1.54) is 22.8 Å². The molecule has 39 heavy (non-hydrogen) atoms. The number of nitrogens with one attached hydrogen (secondary N) is 2. The molecule has 18 heteroatoms. The highest BCUT2D eigenvalue weighted by Gasteiger charge is 2.37. The SMILES string of the molecule is C[C@@H](COc1cc(N2CCN(c3ncc(C(F)(F)F)cn3)CC2=O)ncn1)Nc1cn[nH]c(=O)c1C(F)(F)F. The van der Waals surface area contributed by atoms with Gasteiger partial charge in [0.05, 0.1) is 23.5 Å². The van der Waals surface area contributed by atoms with Crippen molar-refractivity contribution in [2.75, 3.05) is 41.4 Å². The summed E-state index contributed by atoms with van der Waals surface area (Å²) in [7, 11) is 0. The molecule has 0 saturated carbocycles. The number of hydrogen-bond acceptors (Lipinski definition) is 10. The molecule has 3 aromatic heterocycles. The van der Waals surface area contributed by atoms with Gasteiger partial charge in [0.25, 0.3) is 5.56 Å². The zero-order chi connectivity index (χ0) is 28.4. The van der Waals surface area contributed by atoms with E-state index in [-0.39, 0.29) is 43.9 Å². The Kier molecular flexibility index (Phi) is 7.55. The number of alkyl halides is 6. The minimum atomic E-state index is -4.91. The lowest BCUT2D eigenvalue weighted by atomic mass is 10.2. The summed E-state index contributed by atoms with van der Waals surface area (Å²) < 4.78 is 83.4. The summed E-state index contributed by atoms with van der Waals surface area (Å²) in [6, 6.07) is 0.632. The fraction of sp³-hybridized carbons (Fsp3) is 0.381. The van der Waals surface area contributed by atoms with Crippen molar-refractivity contribution in [1.29, 1.82) is 0 Å². The lowest BCUT2D eigenvalue weighted by molar-refractivity contribution is -0.139. The molecule has 1 atom stereocenters. The van der Waals surface area contributed by atoms with Crippen LogP contribution in [0.5, 0.6) is 5.88 Å². The zero-order valence-corrected chi connectivity index (χ0v) is 19.9. The van der Waals surface area contributed by atoms with Gasteiger partial charge in [-0.15, -0.1) is 0 Å². The highest BCUT2D eigenvalue weighted by atomic mass is 19.4. The number of carbonyl (C=O) groups excluding carboxylic acids is 1. The number of ether oxygens (including phenoxy) is 1. The number of anilines is 3. The molecule has 2 N–H and O–H groups in total. The first kappa shape index (κ1) is 27.5. The van der Waals surface area contributed by atoms with Gasteiger partial charge >= 0.3 is 12.4 Å². The number of hydrogen-bond donors (Lipinski definition) is 2. The van der Waals surface area contributed by atoms with Crippen LogP contribution in [0.25, 0.3) is 0 Å². The van der Waals surface area contributed by atoms with E-state index in [0.717, 1.165) is 12.5 Å². The quantitative estimate of drug-likeness (QED) is 0.414. The maximum Gasteiger partial charge on any atom is 0.423 e. The lowest BCUT2D eigenvalue weighted by Crippen LogP contribution is -2.51. The van der Waals surface area contributed by atoms with Crippen LogP contribution in [0.4, 0.5) is 43.8 Å². The Bertz CT molecular complexity index is 1380. The molecule has 4 heterocycles. The Morgan fingerprint density at radius 2 is 1.74 bits per heavy atom. The topological polar surface area (TPSA) is 142 Å². The number of nitrogens with zero attached hydrogens (tertiary/aromatic N) is 7. The minimum Gasteiger partial charge on any atom is -0.475 e. The predicted molar refractivity (Wildman–Crippen MR) is 122 cm³/mol. The first-order chi connectivity index (χ1) is 18.3. The molecular formula is C21H19F6N9O3. The van der Waals surface area contributed by atoms with Crippen molar-refractivity contribution >= 4 is 23.4 Å². The van der Waals surface area contributed by atoms with Crippen molar-refractivity contribution in [2.45, 2.75) is 25.3 Å². The van der Waals surface area contributed by atoms with E-state index in [4.69, 9.17) is 4.74 Å². The summed E-state index contributed by atoms with van der Waals surface area (Å²) in [6.45, 7) is 1.42. The van der Waals surface area contributed by atoms with Crippen molar-refractivity contribution in [3.8, 4) is 5.88 Å². The molecule has 1 fully saturated rings. The van der Waals surface area contributed by atoms with E-state index in [0.29, 0.717) is 12.4 Å². The van der Waals surface area contributed by atoms with E-state index < -0.39 is 46.7 Å². The van der Waals surface area contributed by atoms with Crippen LogP contribution in [0.3, 0.4) is 0 Å². The Morgan fingerprint density at radius 1 is 1.03 bits per heavy atom. The summed E-state index contributed by atoms with van der Waals surface area (Å²) in [5, 5.41) is 7.65. The third kappa shape index (κ3) is 6.50. The fourth-order valence-corrected chi connectivity index (χ4v) is 3.58. The molecule has 0 spiro atoms. The number of halogens is 6. The number of amides is 1. The highest BCUT2D eigenvalue weighted by molar-refractivity contribution is 5.96. The second-order valence-electron chi connectivity index (χ2n) is 8.29. The van der Waals surface area contributed by atoms with E-state index in [2.05, 4.69) is 30.4 Å². The van der Waals surface area contributed by atoms with E-state index in [1.807, 2.05) is 0 Å². The summed E-state index contributed by atoms with van der Waals surface area (Å²) >= 11 is 0. The minimum absolute atomic E-state index is 0.0232. The second kappa shape index (κ2) is 10.7. The van der Waals surface area contributed by atoms with Crippen molar-refractivity contribution in [2.24, 2.45) is 0 Å². The smallest absolute Gasteiger partial charge is 0.423 e. The normalized spacial score (nSPS) is 15.3. The molecule has 1 aliphatic heterocycles. The monoisotopic (exact) mass is 559 g/mol. The summed E-state index contributed by atoms with van der Waals surface area (Å²) in [6.07, 6.45) is -6.25. The zero-order valence-electron chi connectivity index (χ0n) is 19.9. The number of rotatable bonds is 7. The first-order valence-corrected chi connectivity index (χ1v) is 11.1. The van der Waals surface area contributed by atoms with Gasteiger partial charge in [-0.1, -0.05) is 0 Å². The van der Waals surface area contributed by atoms with Crippen molar-refractivity contribution in [3.63, 3.8) is 0 Å². The number of carbonyl (C=O) groups is 1. The van der Waals surface area contributed by atoms with Gasteiger partial charge in [0, 0.05) is 31.5 Å². The summed E-state index contributed by atoms with van der Waals surface area (Å²) in [4.78, 5) is 42.4. The summed E-state index contributed by atoms with van der Waals surface area (Å²) in [5.74, 6) is -0.272. The maximum absolute atomic E-state index is 13.2. The molecule has 3 aromatic rings. The Morgan fingerprint density at radius 3 is 2.38 bits per heavy atom. The van der Waals surface area contributed by atoms with Crippen LogP contribution in [0.1, 0.15) is 18.1 Å². The van der Waals surface area contributed by atoms with Gasteiger partial charge in [0.1, 0.15) is 30.9 Å². The molecule has 1 aliphatic rings. The van der Waals surface area contributed by atoms with Gasteiger partial charge in [-0.2, -0.15) is 31.4 Å². The average Bonchev–Trinajstić information content (AvgIpc) is 2.86. The Labute approximate surface area is 215 Å². The predicted octanol–water partition coefficient (Wildman–Crippen LogP) is 2.12. The van der Waals surface area contributed by atoms with Crippen molar-refractivity contribution in [3.05, 3.63) is 52.5 Å². The average molecular weight is 559 g/mol. The van der Waals surface area contributed by atoms with Crippen LogP contribution in [0, 0.1) is 0 Å². The highest BCUT2D eigenvalue weighted by Crippen LogP contribution is 2.32. The van der Waals surface area contributed by atoms with Crippen LogP contribution in [0.15, 0.2) is 35.8 Å².